The van der Waals surface area contributed by atoms with Crippen molar-refractivity contribution in [1.82, 2.24) is 10.2 Å². The van der Waals surface area contributed by atoms with Gasteiger partial charge in [-0.05, 0) is 40.3 Å². The third-order valence-electron chi connectivity index (χ3n) is 5.32. The van der Waals surface area contributed by atoms with Crippen molar-refractivity contribution in [2.45, 2.75) is 23.7 Å². The molecule has 0 unspecified atom stereocenters. The summed E-state index contributed by atoms with van der Waals surface area (Å²) < 4.78 is 32.8. The number of morpholine rings is 1. The van der Waals surface area contributed by atoms with Crippen molar-refractivity contribution < 1.29 is 17.9 Å². The quantitative estimate of drug-likeness (QED) is 0.486. The molecule has 174 valence electrons. The van der Waals surface area contributed by atoms with Crippen LogP contribution in [0.1, 0.15) is 16.7 Å². The van der Waals surface area contributed by atoms with Crippen molar-refractivity contribution in [2.24, 2.45) is 0 Å². The van der Waals surface area contributed by atoms with Crippen LogP contribution < -0.4 is 10.0 Å². The summed E-state index contributed by atoms with van der Waals surface area (Å²) in [5, 5.41) is 4.69. The van der Waals surface area contributed by atoms with E-state index in [1.54, 1.807) is 41.8 Å². The van der Waals surface area contributed by atoms with Gasteiger partial charge in [-0.25, -0.2) is 8.42 Å². The van der Waals surface area contributed by atoms with Gasteiger partial charge in [-0.15, -0.1) is 11.3 Å². The zero-order valence-electron chi connectivity index (χ0n) is 18.2. The van der Waals surface area contributed by atoms with E-state index in [-0.39, 0.29) is 16.5 Å². The molecule has 1 aromatic heterocycles. The van der Waals surface area contributed by atoms with Crippen molar-refractivity contribution >= 4 is 33.0 Å². The fraction of sp³-hybridized carbons (Fsp3) is 0.292. The second kappa shape index (κ2) is 10.9. The van der Waals surface area contributed by atoms with E-state index in [0.29, 0.717) is 12.2 Å². The predicted molar refractivity (Wildman–Crippen MR) is 130 cm³/mol. The number of thiophene rings is 1. The van der Waals surface area contributed by atoms with Crippen LogP contribution in [0.3, 0.4) is 0 Å². The Kier molecular flexibility index (Phi) is 7.77. The average molecular weight is 486 g/mol. The summed E-state index contributed by atoms with van der Waals surface area (Å²) >= 11 is 1.16. The van der Waals surface area contributed by atoms with E-state index in [2.05, 4.69) is 27.1 Å². The normalized spacial score (nSPS) is 14.7. The van der Waals surface area contributed by atoms with Gasteiger partial charge >= 0.3 is 0 Å². The molecule has 2 heterocycles. The number of nitrogens with zero attached hydrogens (tertiary/aromatic N) is 1. The maximum Gasteiger partial charge on any atom is 0.271 e. The summed E-state index contributed by atoms with van der Waals surface area (Å²) in [5.41, 5.74) is 3.56. The van der Waals surface area contributed by atoms with Gasteiger partial charge in [0.2, 0.25) is 5.91 Å². The van der Waals surface area contributed by atoms with Crippen LogP contribution in [0, 0.1) is 0 Å². The average Bonchev–Trinajstić information content (AvgIpc) is 3.36. The molecule has 0 spiro atoms. The number of rotatable bonds is 9. The Labute approximate surface area is 198 Å². The SMILES string of the molecule is O=C(Cc1ccc(NS(=O)(=O)c2cccs2)cc1)NCc1cccc(CN2CCOCC2)c1. The molecule has 0 radical (unpaired) electrons. The number of hydrogen-bond acceptors (Lipinski definition) is 6. The van der Waals surface area contributed by atoms with E-state index < -0.39 is 10.0 Å². The van der Waals surface area contributed by atoms with Crippen molar-refractivity contribution in [2.75, 3.05) is 31.0 Å². The second-order valence-electron chi connectivity index (χ2n) is 7.90. The molecule has 0 aliphatic carbocycles. The monoisotopic (exact) mass is 485 g/mol. The lowest BCUT2D eigenvalue weighted by atomic mass is 10.1. The van der Waals surface area contributed by atoms with Gasteiger partial charge in [0.25, 0.3) is 10.0 Å². The molecule has 0 saturated carbocycles. The number of benzene rings is 2. The molecule has 1 fully saturated rings. The molecule has 33 heavy (non-hydrogen) atoms. The van der Waals surface area contributed by atoms with E-state index in [9.17, 15) is 13.2 Å². The highest BCUT2D eigenvalue weighted by Gasteiger charge is 2.15. The lowest BCUT2D eigenvalue weighted by Crippen LogP contribution is -2.35. The molecule has 0 bridgehead atoms. The third kappa shape index (κ3) is 6.88. The van der Waals surface area contributed by atoms with Crippen LogP contribution in [0.5, 0.6) is 0 Å². The predicted octanol–water partition coefficient (Wildman–Crippen LogP) is 3.24. The first-order valence-electron chi connectivity index (χ1n) is 10.8. The molecule has 1 aliphatic rings. The fourth-order valence-corrected chi connectivity index (χ4v) is 5.67. The summed E-state index contributed by atoms with van der Waals surface area (Å²) in [7, 11) is -3.58. The van der Waals surface area contributed by atoms with Crippen molar-refractivity contribution in [1.29, 1.82) is 0 Å². The Bertz CT molecular complexity index is 1160. The van der Waals surface area contributed by atoms with E-state index >= 15 is 0 Å². The minimum Gasteiger partial charge on any atom is -0.379 e. The Hall–Kier alpha value is -2.72. The molecule has 1 saturated heterocycles. The molecule has 4 rings (SSSR count). The highest BCUT2D eigenvalue weighted by atomic mass is 32.2. The molecule has 7 nitrogen and oxygen atoms in total. The molecule has 9 heteroatoms. The summed E-state index contributed by atoms with van der Waals surface area (Å²) in [6.45, 7) is 4.78. The summed E-state index contributed by atoms with van der Waals surface area (Å²) in [5.74, 6) is -0.0829. The molecule has 2 N–H and O–H groups in total. The topological polar surface area (TPSA) is 87.7 Å². The summed E-state index contributed by atoms with van der Waals surface area (Å²) in [6, 6.07) is 18.4. The highest BCUT2D eigenvalue weighted by Crippen LogP contribution is 2.20. The zero-order valence-corrected chi connectivity index (χ0v) is 19.8. The Balaban J connectivity index is 1.26. The van der Waals surface area contributed by atoms with Crippen molar-refractivity contribution in [3.8, 4) is 0 Å². The molecular formula is C24H27N3O4S2. The van der Waals surface area contributed by atoms with E-state index in [1.807, 2.05) is 12.1 Å². The number of hydrogen-bond donors (Lipinski definition) is 2. The maximum atomic E-state index is 12.4. The third-order valence-corrected chi connectivity index (χ3v) is 8.10. The Morgan fingerprint density at radius 1 is 0.970 bits per heavy atom. The van der Waals surface area contributed by atoms with Gasteiger partial charge in [0, 0.05) is 31.9 Å². The van der Waals surface area contributed by atoms with Crippen LogP contribution in [0.25, 0.3) is 0 Å². The number of amides is 1. The number of nitrogens with one attached hydrogen (secondary N) is 2. The van der Waals surface area contributed by atoms with E-state index in [4.69, 9.17) is 4.74 Å². The van der Waals surface area contributed by atoms with Gasteiger partial charge in [-0.2, -0.15) is 0 Å². The lowest BCUT2D eigenvalue weighted by molar-refractivity contribution is -0.120. The van der Waals surface area contributed by atoms with Crippen LogP contribution in [0.4, 0.5) is 5.69 Å². The first-order valence-corrected chi connectivity index (χ1v) is 13.1. The number of ether oxygens (including phenoxy) is 1. The molecule has 0 atom stereocenters. The first-order chi connectivity index (χ1) is 16.0. The Morgan fingerprint density at radius 3 is 2.45 bits per heavy atom. The summed E-state index contributed by atoms with van der Waals surface area (Å²) in [6.07, 6.45) is 0.228. The first kappa shape index (κ1) is 23.4. The largest absolute Gasteiger partial charge is 0.379 e. The molecular weight excluding hydrogens is 458 g/mol. The van der Waals surface area contributed by atoms with Crippen molar-refractivity contribution in [3.63, 3.8) is 0 Å². The van der Waals surface area contributed by atoms with Gasteiger partial charge in [0.1, 0.15) is 4.21 Å². The molecule has 3 aromatic rings. The number of carbonyl (C=O) groups excluding carboxylic acids is 1. The van der Waals surface area contributed by atoms with Crippen molar-refractivity contribution in [3.05, 3.63) is 82.7 Å². The Morgan fingerprint density at radius 2 is 1.73 bits per heavy atom. The smallest absolute Gasteiger partial charge is 0.271 e. The lowest BCUT2D eigenvalue weighted by Gasteiger charge is -2.26. The van der Waals surface area contributed by atoms with Gasteiger partial charge in [0.05, 0.1) is 19.6 Å². The fourth-order valence-electron chi connectivity index (χ4n) is 3.62. The van der Waals surface area contributed by atoms with Crippen LogP contribution >= 0.6 is 11.3 Å². The van der Waals surface area contributed by atoms with Gasteiger partial charge < -0.3 is 10.1 Å². The minimum absolute atomic E-state index is 0.0829. The van der Waals surface area contributed by atoms with Gasteiger partial charge in [0.15, 0.2) is 0 Å². The standard InChI is InChI=1S/C24H27N3O4S2/c28-23(25-17-20-3-1-4-21(15-20)18-27-10-12-31-13-11-27)16-19-6-8-22(9-7-19)26-33(29,30)24-5-2-14-32-24/h1-9,14-15,26H,10-13,16-18H2,(H,25,28). The molecule has 1 amide bonds. The minimum atomic E-state index is -3.58. The van der Waals surface area contributed by atoms with Crippen LogP contribution in [-0.2, 0) is 39.1 Å². The number of anilines is 1. The zero-order chi connectivity index (χ0) is 23.1. The molecule has 1 aliphatic heterocycles. The van der Waals surface area contributed by atoms with Gasteiger partial charge in [-0.1, -0.05) is 42.5 Å². The van der Waals surface area contributed by atoms with Crippen LogP contribution in [0.2, 0.25) is 0 Å². The van der Waals surface area contributed by atoms with Crippen LogP contribution in [0.15, 0.2) is 70.3 Å². The van der Waals surface area contributed by atoms with Gasteiger partial charge in [-0.3, -0.25) is 14.4 Å². The summed E-state index contributed by atoms with van der Waals surface area (Å²) in [4.78, 5) is 14.8. The maximum absolute atomic E-state index is 12.4. The highest BCUT2D eigenvalue weighted by molar-refractivity contribution is 7.94. The number of carbonyl (C=O) groups is 1. The molecule has 2 aromatic carbocycles. The second-order valence-corrected chi connectivity index (χ2v) is 10.8. The van der Waals surface area contributed by atoms with E-state index in [0.717, 1.165) is 55.3 Å². The number of sulfonamides is 1. The van der Waals surface area contributed by atoms with Crippen LogP contribution in [-0.4, -0.2) is 45.5 Å². The van der Waals surface area contributed by atoms with E-state index in [1.165, 1.54) is 5.56 Å².